The lowest BCUT2D eigenvalue weighted by Gasteiger charge is -2.49. The maximum absolute atomic E-state index is 14.4. The number of aliphatic hydroxyl groups excluding tert-OH is 3. The van der Waals surface area contributed by atoms with Crippen molar-refractivity contribution < 1.29 is 58.7 Å². The third-order valence-electron chi connectivity index (χ3n) is 13.7. The molecule has 342 valence electrons. The quantitative estimate of drug-likeness (QED) is 0.180. The average molecular weight is 849 g/mol. The van der Waals surface area contributed by atoms with Gasteiger partial charge >= 0.3 is 5.97 Å². The first kappa shape index (κ1) is 50.4. The van der Waals surface area contributed by atoms with Crippen LogP contribution in [0.15, 0.2) is 24.3 Å². The van der Waals surface area contributed by atoms with Crippen LogP contribution in [-0.4, -0.2) is 159 Å². The van der Waals surface area contributed by atoms with E-state index in [0.717, 1.165) is 11.1 Å². The number of hydrogen-bond donors (Lipinski definition) is 5. The Morgan fingerprint density at radius 3 is 2.18 bits per heavy atom. The average Bonchev–Trinajstić information content (AvgIpc) is 3.19. The van der Waals surface area contributed by atoms with Crippen LogP contribution in [0.2, 0.25) is 0 Å². The first-order valence-corrected chi connectivity index (χ1v) is 21.7. The van der Waals surface area contributed by atoms with E-state index in [1.54, 1.807) is 41.5 Å². The smallest absolute Gasteiger partial charge is 0.311 e. The summed E-state index contributed by atoms with van der Waals surface area (Å²) >= 11 is 0. The molecule has 0 radical (unpaired) electrons. The summed E-state index contributed by atoms with van der Waals surface area (Å²) in [6.07, 6.45) is -3.19. The molecule has 0 bridgehead atoms. The van der Waals surface area contributed by atoms with Crippen molar-refractivity contribution in [1.82, 2.24) is 9.80 Å². The summed E-state index contributed by atoms with van der Waals surface area (Å²) in [6, 6.07) is 6.76. The van der Waals surface area contributed by atoms with Crippen molar-refractivity contribution in [3.8, 4) is 12.3 Å². The third kappa shape index (κ3) is 11.5. The number of methoxy groups -OCH3 is 1. The summed E-state index contributed by atoms with van der Waals surface area (Å²) in [4.78, 5) is 18.3. The first-order chi connectivity index (χ1) is 27.9. The number of benzene rings is 1. The number of aliphatic hydroxyl groups is 5. The fourth-order valence-corrected chi connectivity index (χ4v) is 9.77. The van der Waals surface area contributed by atoms with E-state index in [0.29, 0.717) is 19.5 Å². The zero-order valence-electron chi connectivity index (χ0n) is 38.3. The zero-order chi connectivity index (χ0) is 45.1. The second-order valence-corrected chi connectivity index (χ2v) is 19.0. The monoisotopic (exact) mass is 849 g/mol. The zero-order valence-corrected chi connectivity index (χ0v) is 38.3. The molecule has 0 amide bonds. The van der Waals surface area contributed by atoms with Crippen molar-refractivity contribution in [3.63, 3.8) is 0 Å². The molecule has 0 saturated carbocycles. The number of carbonyl (C=O) groups is 1. The molecule has 3 fully saturated rings. The Kier molecular flexibility index (Phi) is 17.2. The van der Waals surface area contributed by atoms with E-state index < -0.39 is 96.0 Å². The second kappa shape index (κ2) is 20.5. The van der Waals surface area contributed by atoms with Gasteiger partial charge < -0.3 is 58.9 Å². The van der Waals surface area contributed by atoms with Crippen molar-refractivity contribution in [2.24, 2.45) is 17.8 Å². The summed E-state index contributed by atoms with van der Waals surface area (Å²) in [5.41, 5.74) is -2.68. The minimum Gasteiger partial charge on any atom is -0.459 e. The van der Waals surface area contributed by atoms with Gasteiger partial charge in [-0.2, -0.15) is 0 Å². The van der Waals surface area contributed by atoms with Gasteiger partial charge in [0.15, 0.2) is 12.6 Å². The van der Waals surface area contributed by atoms with Gasteiger partial charge in [-0.25, -0.2) is 0 Å². The van der Waals surface area contributed by atoms with Crippen molar-refractivity contribution in [3.05, 3.63) is 35.4 Å². The van der Waals surface area contributed by atoms with Gasteiger partial charge in [0, 0.05) is 50.2 Å². The maximum Gasteiger partial charge on any atom is 0.311 e. The van der Waals surface area contributed by atoms with Crippen LogP contribution in [0.1, 0.15) is 106 Å². The first-order valence-electron chi connectivity index (χ1n) is 21.7. The van der Waals surface area contributed by atoms with Crippen LogP contribution < -0.4 is 0 Å². The Hall–Kier alpha value is -2.23. The SMILES string of the molecule is C#Cc1ccc(CN(C)[C@H]2C[C@@H](C)O[C@@H](O[C@@H]3[C@@H](C)[C@H](OC4C[C@@](C)(OC)[C@@H](O)[C@H](C)O4)[C@@H](C)C(=O)O[C@H](CC)[C@@](C)(O)[C@H](O)[C@@H](C)N(C)C[C@H](C)CC3(C)O)[C@@H]2O)cc1. The fourth-order valence-electron chi connectivity index (χ4n) is 9.77. The Morgan fingerprint density at radius 1 is 0.967 bits per heavy atom. The molecule has 3 saturated heterocycles. The van der Waals surface area contributed by atoms with Crippen LogP contribution in [0.3, 0.4) is 0 Å². The summed E-state index contributed by atoms with van der Waals surface area (Å²) in [7, 11) is 5.28. The minimum atomic E-state index is -1.82. The number of carbonyl (C=O) groups excluding carboxylic acids is 1. The minimum absolute atomic E-state index is 0.114. The van der Waals surface area contributed by atoms with Crippen molar-refractivity contribution >= 4 is 5.97 Å². The van der Waals surface area contributed by atoms with E-state index in [1.165, 1.54) is 14.0 Å². The Labute approximate surface area is 358 Å². The van der Waals surface area contributed by atoms with Crippen LogP contribution in [0.25, 0.3) is 0 Å². The Balaban J connectivity index is 1.79. The molecule has 3 aliphatic heterocycles. The lowest BCUT2D eigenvalue weighted by Crippen LogP contribution is -2.60. The molecule has 4 rings (SSSR count). The highest BCUT2D eigenvalue weighted by Crippen LogP contribution is 2.40. The van der Waals surface area contributed by atoms with Gasteiger partial charge in [-0.1, -0.05) is 38.8 Å². The van der Waals surface area contributed by atoms with Crippen molar-refractivity contribution in [2.45, 2.75) is 192 Å². The predicted molar refractivity (Wildman–Crippen MR) is 226 cm³/mol. The lowest BCUT2D eigenvalue weighted by molar-refractivity contribution is -0.318. The van der Waals surface area contributed by atoms with Gasteiger partial charge in [-0.05, 0) is 105 Å². The molecule has 3 aliphatic rings. The van der Waals surface area contributed by atoms with Gasteiger partial charge in [-0.3, -0.25) is 9.69 Å². The van der Waals surface area contributed by atoms with Crippen LogP contribution in [-0.2, 0) is 39.8 Å². The van der Waals surface area contributed by atoms with E-state index >= 15 is 0 Å². The summed E-state index contributed by atoms with van der Waals surface area (Å²) in [6.45, 7) is 18.5. The molecular weight excluding hydrogens is 773 g/mol. The molecule has 60 heavy (non-hydrogen) atoms. The van der Waals surface area contributed by atoms with Gasteiger partial charge in [0.1, 0.15) is 30.0 Å². The number of terminal acetylenes is 1. The molecular formula is C46H76N2O12. The van der Waals surface area contributed by atoms with Crippen molar-refractivity contribution in [1.29, 1.82) is 0 Å². The molecule has 3 heterocycles. The van der Waals surface area contributed by atoms with E-state index in [-0.39, 0.29) is 37.3 Å². The molecule has 0 spiro atoms. The van der Waals surface area contributed by atoms with Crippen LogP contribution in [0.5, 0.6) is 0 Å². The molecule has 14 nitrogen and oxygen atoms in total. The number of ether oxygens (including phenoxy) is 6. The molecule has 0 aliphatic carbocycles. The Morgan fingerprint density at radius 2 is 1.60 bits per heavy atom. The summed E-state index contributed by atoms with van der Waals surface area (Å²) in [5, 5.41) is 59.2. The number of hydrogen-bond acceptors (Lipinski definition) is 14. The number of cyclic esters (lactones) is 1. The standard InChI is InChI=1S/C46H76N2O12/c1-15-32-17-19-33(20-18-32)25-48(13)34-21-27(4)56-43(37(34)49)60-41-28(5)38(59-36-23-45(10,55-14)40(51)31(8)57-36)29(6)42(52)58-35(16-2)46(11,54)39(50)30(7)47(12)24-26(3)22-44(41,9)53/h1,17-20,26-31,34-41,43,49-51,53-54H,16,21-25H2,2-14H3/t26-,27-,28+,29-,30-,31+,34+,35-,36?,37-,38+,39-,40+,41-,43+,44?,45-,46-/m1/s1. The largest absolute Gasteiger partial charge is 0.459 e. The van der Waals surface area contributed by atoms with E-state index in [9.17, 15) is 30.3 Å². The predicted octanol–water partition coefficient (Wildman–Crippen LogP) is 3.45. The van der Waals surface area contributed by atoms with E-state index in [2.05, 4.69) is 10.8 Å². The fraction of sp³-hybridized carbons (Fsp3) is 0.804. The van der Waals surface area contributed by atoms with E-state index in [1.807, 2.05) is 64.0 Å². The van der Waals surface area contributed by atoms with Gasteiger partial charge in [0.2, 0.25) is 0 Å². The number of likely N-dealkylation sites (N-methyl/N-ethyl adjacent to an activating group) is 2. The molecule has 1 aromatic carbocycles. The van der Waals surface area contributed by atoms with Crippen LogP contribution in [0.4, 0.5) is 0 Å². The molecule has 2 unspecified atom stereocenters. The molecule has 1 aromatic rings. The number of esters is 1. The Bertz CT molecular complexity index is 1570. The molecule has 18 atom stereocenters. The normalized spacial score (nSPS) is 44.4. The van der Waals surface area contributed by atoms with Gasteiger partial charge in [0.25, 0.3) is 0 Å². The summed E-state index contributed by atoms with van der Waals surface area (Å²) < 4.78 is 38.1. The lowest BCUT2D eigenvalue weighted by atomic mass is 9.77. The van der Waals surface area contributed by atoms with Crippen molar-refractivity contribution in [2.75, 3.05) is 27.7 Å². The summed E-state index contributed by atoms with van der Waals surface area (Å²) in [5.74, 6) is -0.0669. The van der Waals surface area contributed by atoms with Crippen LogP contribution in [0, 0.1) is 30.1 Å². The number of rotatable bonds is 9. The molecule has 5 N–H and O–H groups in total. The van der Waals surface area contributed by atoms with Gasteiger partial charge in [0.05, 0.1) is 41.5 Å². The highest BCUT2D eigenvalue weighted by Gasteiger charge is 2.52. The van der Waals surface area contributed by atoms with E-state index in [4.69, 9.17) is 34.8 Å². The third-order valence-corrected chi connectivity index (χ3v) is 13.7. The highest BCUT2D eigenvalue weighted by molar-refractivity contribution is 5.73. The topological polar surface area (TPSA) is 180 Å². The molecule has 0 aromatic heterocycles. The second-order valence-electron chi connectivity index (χ2n) is 19.0. The highest BCUT2D eigenvalue weighted by atomic mass is 16.7. The van der Waals surface area contributed by atoms with Gasteiger partial charge in [-0.15, -0.1) is 6.42 Å². The maximum atomic E-state index is 14.4. The number of nitrogens with zero attached hydrogens (tertiary/aromatic N) is 2. The van der Waals surface area contributed by atoms with Crippen LogP contribution >= 0.6 is 0 Å². The molecule has 14 heteroatoms.